The fourth-order valence-corrected chi connectivity index (χ4v) is 9.56. The van der Waals surface area contributed by atoms with Gasteiger partial charge in [-0.15, -0.1) is 0 Å². The molecule has 5 nitrogen and oxygen atoms in total. The lowest BCUT2D eigenvalue weighted by molar-refractivity contribution is -0.0515. The monoisotopic (exact) mass is 566 g/mol. The van der Waals surface area contributed by atoms with Gasteiger partial charge in [-0.3, -0.25) is 4.57 Å². The van der Waals surface area contributed by atoms with Crippen LogP contribution in [0.2, 0.25) is 0 Å². The zero-order valence-corrected chi connectivity index (χ0v) is 26.0. The molecule has 4 aliphatic rings. The first-order chi connectivity index (χ1) is 18.8. The molecule has 6 heteroatoms. The van der Waals surface area contributed by atoms with Crippen molar-refractivity contribution < 1.29 is 23.8 Å². The van der Waals surface area contributed by atoms with E-state index in [-0.39, 0.29) is 22.9 Å². The zero-order valence-electron chi connectivity index (χ0n) is 25.1. The number of allylic oxidation sites excluding steroid dienone is 3. The Morgan fingerprint density at radius 2 is 1.73 bits per heavy atom. The van der Waals surface area contributed by atoms with E-state index < -0.39 is 13.2 Å². The first-order valence-electron chi connectivity index (χ1n) is 15.2. The maximum atomic E-state index is 13.5. The first kappa shape index (κ1) is 29.8. The molecule has 0 amide bonds. The number of hydrogen-bond acceptors (Lipinski definition) is 5. The second kappa shape index (κ2) is 10.9. The first-order valence-corrected chi connectivity index (χ1v) is 16.8. The Kier molecular flexibility index (Phi) is 8.10. The summed E-state index contributed by atoms with van der Waals surface area (Å²) >= 11 is 0. The highest BCUT2D eigenvalue weighted by Gasteiger charge is 2.62. The maximum absolute atomic E-state index is 13.5. The summed E-state index contributed by atoms with van der Waals surface area (Å²) in [5.74, 6) is 7.65. The van der Waals surface area contributed by atoms with Gasteiger partial charge in [0.15, 0.2) is 0 Å². The quantitative estimate of drug-likeness (QED) is 0.285. The lowest BCUT2D eigenvalue weighted by atomic mass is 9.51. The summed E-state index contributed by atoms with van der Waals surface area (Å²) in [6, 6.07) is 7.98. The van der Waals surface area contributed by atoms with Gasteiger partial charge in [0.1, 0.15) is 5.60 Å². The number of fused-ring (bicyclic) bond motifs is 4. The van der Waals surface area contributed by atoms with Gasteiger partial charge in [-0.25, -0.2) is 0 Å². The van der Waals surface area contributed by atoms with Crippen molar-refractivity contribution in [3.05, 3.63) is 52.6 Å². The molecule has 40 heavy (non-hydrogen) atoms. The van der Waals surface area contributed by atoms with Crippen molar-refractivity contribution in [2.24, 2.45) is 22.7 Å². The summed E-state index contributed by atoms with van der Waals surface area (Å²) in [7, 11) is -3.38. The van der Waals surface area contributed by atoms with E-state index in [1.807, 2.05) is 26.0 Å². The normalized spacial score (nSPS) is 33.9. The minimum Gasteiger partial charge on any atom is -0.389 e. The zero-order chi connectivity index (χ0) is 28.9. The highest BCUT2D eigenvalue weighted by molar-refractivity contribution is 7.62. The third-order valence-corrected chi connectivity index (χ3v) is 12.0. The highest BCUT2D eigenvalue weighted by Crippen LogP contribution is 2.66. The molecule has 0 aromatic heterocycles. The molecule has 0 aliphatic heterocycles. The van der Waals surface area contributed by atoms with Gasteiger partial charge in [0, 0.05) is 16.7 Å². The molecule has 0 heterocycles. The average Bonchev–Trinajstić information content (AvgIpc) is 3.17. The van der Waals surface area contributed by atoms with Crippen molar-refractivity contribution >= 4 is 12.9 Å². The van der Waals surface area contributed by atoms with Crippen LogP contribution >= 0.6 is 7.60 Å². The third-order valence-electron chi connectivity index (χ3n) is 9.87. The van der Waals surface area contributed by atoms with Crippen molar-refractivity contribution in [3.8, 4) is 11.8 Å². The Morgan fingerprint density at radius 3 is 2.35 bits per heavy atom. The van der Waals surface area contributed by atoms with Gasteiger partial charge in [0.05, 0.1) is 24.6 Å². The van der Waals surface area contributed by atoms with Crippen LogP contribution in [0.1, 0.15) is 98.0 Å². The molecule has 2 N–H and O–H groups in total. The van der Waals surface area contributed by atoms with E-state index >= 15 is 0 Å². The van der Waals surface area contributed by atoms with Crippen LogP contribution in [0.5, 0.6) is 0 Å². The number of aliphatic hydroxyl groups is 2. The lowest BCUT2D eigenvalue weighted by Crippen LogP contribution is -2.51. The maximum Gasteiger partial charge on any atom is 0.361 e. The summed E-state index contributed by atoms with van der Waals surface area (Å²) < 4.78 is 24.7. The van der Waals surface area contributed by atoms with Crippen molar-refractivity contribution in [2.45, 2.75) is 104 Å². The fraction of sp³-hybridized carbons (Fsp3) is 0.647. The SMILES string of the molecule is CCOP(=O)(OCC)c1ccc([C@H]2C[C@@]3(C)[C@@H](CC[C@@]3(O)C#CC(C)(C)C)[C@@H]3CCC4=CC(O)CCC4=C32)cc1. The van der Waals surface area contributed by atoms with Crippen LogP contribution in [-0.4, -0.2) is 35.1 Å². The van der Waals surface area contributed by atoms with E-state index in [0.29, 0.717) is 36.8 Å². The van der Waals surface area contributed by atoms with Gasteiger partial charge in [-0.05, 0) is 120 Å². The van der Waals surface area contributed by atoms with E-state index in [9.17, 15) is 14.8 Å². The van der Waals surface area contributed by atoms with E-state index in [2.05, 4.69) is 57.7 Å². The molecule has 0 bridgehead atoms. The molecule has 6 atom stereocenters. The third kappa shape index (κ3) is 5.21. The Hall–Kier alpha value is -1.67. The molecule has 1 unspecified atom stereocenters. The molecule has 0 radical (unpaired) electrons. The minimum atomic E-state index is -3.38. The summed E-state index contributed by atoms with van der Waals surface area (Å²) in [6.45, 7) is 12.9. The minimum absolute atomic E-state index is 0.119. The van der Waals surface area contributed by atoms with Crippen LogP contribution in [0.4, 0.5) is 0 Å². The Labute approximate surface area is 241 Å². The summed E-state index contributed by atoms with van der Waals surface area (Å²) in [6.07, 6.45) is 7.89. The fourth-order valence-electron chi connectivity index (χ4n) is 7.99. The van der Waals surface area contributed by atoms with E-state index in [4.69, 9.17) is 9.05 Å². The average molecular weight is 567 g/mol. The summed E-state index contributed by atoms with van der Waals surface area (Å²) in [5.41, 5.74) is 3.87. The number of hydrogen-bond donors (Lipinski definition) is 2. The predicted octanol–water partition coefficient (Wildman–Crippen LogP) is 7.05. The largest absolute Gasteiger partial charge is 0.389 e. The van der Waals surface area contributed by atoms with Crippen LogP contribution in [0.25, 0.3) is 0 Å². The van der Waals surface area contributed by atoms with Crippen molar-refractivity contribution in [1.29, 1.82) is 0 Å². The molecule has 2 fully saturated rings. The molecular formula is C34H47O5P. The molecular weight excluding hydrogens is 519 g/mol. The van der Waals surface area contributed by atoms with Gasteiger partial charge in [0.2, 0.25) is 0 Å². The molecule has 0 spiro atoms. The Bertz CT molecular complexity index is 1280. The topological polar surface area (TPSA) is 76.0 Å². The van der Waals surface area contributed by atoms with Gasteiger partial charge in [-0.1, -0.05) is 42.5 Å². The molecule has 0 saturated heterocycles. The van der Waals surface area contributed by atoms with Crippen molar-refractivity contribution in [1.82, 2.24) is 0 Å². The van der Waals surface area contributed by atoms with Gasteiger partial charge >= 0.3 is 7.60 Å². The molecule has 1 aromatic carbocycles. The molecule has 4 aliphatic carbocycles. The van der Waals surface area contributed by atoms with Crippen LogP contribution in [-0.2, 0) is 13.6 Å². The smallest absolute Gasteiger partial charge is 0.361 e. The highest BCUT2D eigenvalue weighted by atomic mass is 31.2. The number of aliphatic hydroxyl groups excluding tert-OH is 1. The molecule has 218 valence electrons. The van der Waals surface area contributed by atoms with Gasteiger partial charge in [0.25, 0.3) is 0 Å². The van der Waals surface area contributed by atoms with Gasteiger partial charge < -0.3 is 19.3 Å². The van der Waals surface area contributed by atoms with E-state index in [0.717, 1.165) is 38.5 Å². The molecule has 5 rings (SSSR count). The van der Waals surface area contributed by atoms with Crippen LogP contribution in [0, 0.1) is 34.5 Å². The lowest BCUT2D eigenvalue weighted by Gasteiger charge is -2.54. The molecule has 2 saturated carbocycles. The second-order valence-electron chi connectivity index (χ2n) is 13.5. The van der Waals surface area contributed by atoms with Crippen LogP contribution in [0.3, 0.4) is 0 Å². The van der Waals surface area contributed by atoms with E-state index in [1.165, 1.54) is 22.3 Å². The summed E-state index contributed by atoms with van der Waals surface area (Å²) in [4.78, 5) is 0. The number of rotatable bonds is 6. The second-order valence-corrected chi connectivity index (χ2v) is 15.5. The Balaban J connectivity index is 1.61. The predicted molar refractivity (Wildman–Crippen MR) is 160 cm³/mol. The van der Waals surface area contributed by atoms with Crippen molar-refractivity contribution in [3.63, 3.8) is 0 Å². The molecule has 1 aromatic rings. The van der Waals surface area contributed by atoms with E-state index in [1.54, 1.807) is 0 Å². The van der Waals surface area contributed by atoms with Crippen LogP contribution in [0.15, 0.2) is 47.1 Å². The Morgan fingerprint density at radius 1 is 1.05 bits per heavy atom. The summed E-state index contributed by atoms with van der Waals surface area (Å²) in [5, 5.41) is 23.2. The van der Waals surface area contributed by atoms with Crippen LogP contribution < -0.4 is 5.30 Å². The van der Waals surface area contributed by atoms with Crippen molar-refractivity contribution in [2.75, 3.05) is 13.2 Å². The van der Waals surface area contributed by atoms with Gasteiger partial charge in [-0.2, -0.15) is 0 Å². The number of benzene rings is 1. The standard InChI is InChI=1S/C34H47O5P/c1-7-38-40(37,39-8-2)26-13-9-23(10-14-26)29-22-33(6)30(17-18-34(33,36)20-19-32(3,4)5)28-15-11-24-21-25(35)12-16-27(24)31(28)29/h9-10,13-14,21,25,28-30,35-36H,7-8,11-12,15-18,22H2,1-6H3/t25?,28-,29+,30-,33-,34+/m0/s1.